The summed E-state index contributed by atoms with van der Waals surface area (Å²) in [6.45, 7) is 4.11. The van der Waals surface area contributed by atoms with Crippen LogP contribution >= 0.6 is 0 Å². The highest BCUT2D eigenvalue weighted by Gasteiger charge is 2.26. The highest BCUT2D eigenvalue weighted by molar-refractivity contribution is 7.89. The molecule has 3 aromatic carbocycles. The molecule has 0 aromatic heterocycles. The van der Waals surface area contributed by atoms with Crippen LogP contribution in [0.1, 0.15) is 11.6 Å². The van der Waals surface area contributed by atoms with Gasteiger partial charge in [0.05, 0.1) is 4.90 Å². The summed E-state index contributed by atoms with van der Waals surface area (Å²) >= 11 is 0. The minimum atomic E-state index is -3.62. The van der Waals surface area contributed by atoms with Crippen molar-refractivity contribution in [1.82, 2.24) is 14.5 Å². The normalized spacial score (nSPS) is 16.8. The summed E-state index contributed by atoms with van der Waals surface area (Å²) in [5.41, 5.74) is 2.25. The molecule has 1 saturated heterocycles. The lowest BCUT2D eigenvalue weighted by Gasteiger charge is -2.38. The molecule has 0 aliphatic carbocycles. The molecule has 1 N–H and O–H groups in total. The van der Waals surface area contributed by atoms with Crippen molar-refractivity contribution < 1.29 is 8.42 Å². The molecule has 7 heteroatoms. The second-order valence-corrected chi connectivity index (χ2v) is 10.5. The molecule has 3 aromatic rings. The van der Waals surface area contributed by atoms with Crippen LogP contribution in [0, 0.1) is 0 Å². The number of rotatable bonds is 7. The minimum absolute atomic E-state index is 0.0184. The van der Waals surface area contributed by atoms with E-state index in [0.717, 1.165) is 48.2 Å². The number of sulfonamides is 1. The summed E-state index contributed by atoms with van der Waals surface area (Å²) in [7, 11) is 2.54. The lowest BCUT2D eigenvalue weighted by molar-refractivity contribution is 0.113. The van der Waals surface area contributed by atoms with E-state index in [2.05, 4.69) is 50.7 Å². The van der Waals surface area contributed by atoms with E-state index in [4.69, 9.17) is 0 Å². The highest BCUT2D eigenvalue weighted by Crippen LogP contribution is 2.25. The molecule has 1 fully saturated rings. The first-order valence-electron chi connectivity index (χ1n) is 11.0. The van der Waals surface area contributed by atoms with Gasteiger partial charge in [0.2, 0.25) is 10.0 Å². The van der Waals surface area contributed by atoms with Gasteiger partial charge in [-0.1, -0.05) is 42.5 Å². The predicted molar refractivity (Wildman–Crippen MR) is 132 cm³/mol. The Morgan fingerprint density at radius 2 is 1.56 bits per heavy atom. The molecular weight excluding hydrogens is 420 g/mol. The van der Waals surface area contributed by atoms with Crippen molar-refractivity contribution in [3.63, 3.8) is 0 Å². The van der Waals surface area contributed by atoms with Gasteiger partial charge in [-0.2, -0.15) is 0 Å². The van der Waals surface area contributed by atoms with Crippen LogP contribution in [0.25, 0.3) is 10.8 Å². The van der Waals surface area contributed by atoms with E-state index >= 15 is 0 Å². The minimum Gasteiger partial charge on any atom is -0.378 e. The fourth-order valence-electron chi connectivity index (χ4n) is 4.19. The average molecular weight is 453 g/mol. The van der Waals surface area contributed by atoms with Crippen LogP contribution < -0.4 is 9.62 Å². The number of fused-ring (bicyclic) bond motifs is 1. The zero-order chi connectivity index (χ0) is 22.7. The van der Waals surface area contributed by atoms with Crippen molar-refractivity contribution in [2.45, 2.75) is 10.9 Å². The smallest absolute Gasteiger partial charge is 0.240 e. The Bertz CT molecular complexity index is 1150. The number of anilines is 1. The number of piperazine rings is 1. The summed E-state index contributed by atoms with van der Waals surface area (Å²) < 4.78 is 29.2. The Kier molecular flexibility index (Phi) is 6.81. The Labute approximate surface area is 191 Å². The molecule has 1 heterocycles. The van der Waals surface area contributed by atoms with Crippen LogP contribution in [0.15, 0.2) is 71.6 Å². The molecule has 1 atom stereocenters. The molecule has 0 radical (unpaired) electrons. The molecule has 32 heavy (non-hydrogen) atoms. The standard InChI is InChI=1S/C25H32N4O2S/c1-27(2)23-11-8-21(9-12-23)25(29-16-14-28(3)15-17-29)19-26-32(30,31)24-13-10-20-6-4-5-7-22(20)18-24/h4-13,18,25-26H,14-17,19H2,1-3H3. The molecule has 0 bridgehead atoms. The first kappa shape index (κ1) is 22.7. The summed E-state index contributed by atoms with van der Waals surface area (Å²) in [5, 5.41) is 1.95. The van der Waals surface area contributed by atoms with E-state index in [9.17, 15) is 8.42 Å². The molecular formula is C25H32N4O2S. The van der Waals surface area contributed by atoms with E-state index < -0.39 is 10.0 Å². The van der Waals surface area contributed by atoms with Gasteiger partial charge in [-0.3, -0.25) is 4.90 Å². The lowest BCUT2D eigenvalue weighted by atomic mass is 10.0. The monoisotopic (exact) mass is 452 g/mol. The molecule has 1 unspecified atom stereocenters. The number of benzene rings is 3. The van der Waals surface area contributed by atoms with Gasteiger partial charge in [0.1, 0.15) is 0 Å². The number of nitrogens with zero attached hydrogens (tertiary/aromatic N) is 3. The lowest BCUT2D eigenvalue weighted by Crippen LogP contribution is -2.48. The van der Waals surface area contributed by atoms with Gasteiger partial charge < -0.3 is 9.80 Å². The summed E-state index contributed by atoms with van der Waals surface area (Å²) in [6, 6.07) is 21.5. The van der Waals surface area contributed by atoms with Gasteiger partial charge in [0, 0.05) is 58.5 Å². The Morgan fingerprint density at radius 3 is 2.22 bits per heavy atom. The molecule has 0 saturated carbocycles. The molecule has 170 valence electrons. The zero-order valence-corrected chi connectivity index (χ0v) is 19.8. The third-order valence-electron chi connectivity index (χ3n) is 6.27. The van der Waals surface area contributed by atoms with Gasteiger partial charge >= 0.3 is 0 Å². The fraction of sp³-hybridized carbons (Fsp3) is 0.360. The van der Waals surface area contributed by atoms with Crippen molar-refractivity contribution in [3.8, 4) is 0 Å². The van der Waals surface area contributed by atoms with Crippen LogP contribution in [0.5, 0.6) is 0 Å². The molecule has 6 nitrogen and oxygen atoms in total. The van der Waals surface area contributed by atoms with Crippen LogP contribution in [0.4, 0.5) is 5.69 Å². The first-order valence-corrected chi connectivity index (χ1v) is 12.5. The largest absolute Gasteiger partial charge is 0.378 e. The highest BCUT2D eigenvalue weighted by atomic mass is 32.2. The van der Waals surface area contributed by atoms with Crippen molar-refractivity contribution >= 4 is 26.5 Å². The Hall–Kier alpha value is -2.45. The maximum Gasteiger partial charge on any atom is 0.240 e. The predicted octanol–water partition coefficient (Wildman–Crippen LogP) is 3.17. The third kappa shape index (κ3) is 5.13. The number of nitrogens with one attached hydrogen (secondary N) is 1. The second kappa shape index (κ2) is 9.58. The van der Waals surface area contributed by atoms with Gasteiger partial charge in [-0.05, 0) is 47.6 Å². The van der Waals surface area contributed by atoms with Crippen LogP contribution in [-0.4, -0.2) is 72.1 Å². The fourth-order valence-corrected chi connectivity index (χ4v) is 5.27. The van der Waals surface area contributed by atoms with E-state index in [1.54, 1.807) is 12.1 Å². The van der Waals surface area contributed by atoms with E-state index in [1.807, 2.05) is 44.4 Å². The topological polar surface area (TPSA) is 55.9 Å². The maximum atomic E-state index is 13.1. The van der Waals surface area contributed by atoms with Gasteiger partial charge in [-0.15, -0.1) is 0 Å². The van der Waals surface area contributed by atoms with Crippen molar-refractivity contribution in [2.24, 2.45) is 0 Å². The number of hydrogen-bond acceptors (Lipinski definition) is 5. The summed E-state index contributed by atoms with van der Waals surface area (Å²) in [4.78, 5) is 7.06. The Balaban J connectivity index is 1.56. The van der Waals surface area contributed by atoms with Crippen LogP contribution in [-0.2, 0) is 10.0 Å². The first-order chi connectivity index (χ1) is 15.3. The van der Waals surface area contributed by atoms with E-state index in [0.29, 0.717) is 11.4 Å². The van der Waals surface area contributed by atoms with Gasteiger partial charge in [-0.25, -0.2) is 13.1 Å². The van der Waals surface area contributed by atoms with Crippen molar-refractivity contribution in [2.75, 3.05) is 58.8 Å². The van der Waals surface area contributed by atoms with Crippen LogP contribution in [0.2, 0.25) is 0 Å². The van der Waals surface area contributed by atoms with Crippen molar-refractivity contribution in [1.29, 1.82) is 0 Å². The molecule has 4 rings (SSSR count). The molecule has 1 aliphatic heterocycles. The molecule has 1 aliphatic rings. The summed E-state index contributed by atoms with van der Waals surface area (Å²) in [6.07, 6.45) is 0. The molecule has 0 amide bonds. The average Bonchev–Trinajstić information content (AvgIpc) is 2.80. The summed E-state index contributed by atoms with van der Waals surface area (Å²) in [5.74, 6) is 0. The number of hydrogen-bond donors (Lipinski definition) is 1. The van der Waals surface area contributed by atoms with Gasteiger partial charge in [0.25, 0.3) is 0 Å². The Morgan fingerprint density at radius 1 is 0.906 bits per heavy atom. The van der Waals surface area contributed by atoms with Crippen LogP contribution in [0.3, 0.4) is 0 Å². The second-order valence-electron chi connectivity index (χ2n) is 8.70. The third-order valence-corrected chi connectivity index (χ3v) is 7.69. The van der Waals surface area contributed by atoms with Gasteiger partial charge in [0.15, 0.2) is 0 Å². The molecule has 0 spiro atoms. The SMILES string of the molecule is CN1CCN(C(CNS(=O)(=O)c2ccc3ccccc3c2)c2ccc(N(C)C)cc2)CC1. The van der Waals surface area contributed by atoms with E-state index in [1.165, 1.54) is 0 Å². The van der Waals surface area contributed by atoms with E-state index in [-0.39, 0.29) is 6.04 Å². The zero-order valence-electron chi connectivity index (χ0n) is 19.0. The maximum absolute atomic E-state index is 13.1. The quantitative estimate of drug-likeness (QED) is 0.597. The van der Waals surface area contributed by atoms with Crippen molar-refractivity contribution in [3.05, 3.63) is 72.3 Å². The number of likely N-dealkylation sites (N-methyl/N-ethyl adjacent to an activating group) is 1.